The standard InChI is InChI=1S/C21H20N6O/c22-11-15-1-3-16(4-2-15)20(28)27-10-9-26(12-21(13-27)6-7-21)19-17-5-8-23-18(17)24-14-25-19/h1-5,8,14H,6-7,9-10,12-13H2,(H,23,24,25). The Hall–Kier alpha value is -3.40. The average molecular weight is 372 g/mol. The quantitative estimate of drug-likeness (QED) is 0.747. The number of H-pyrrole nitrogens is 1. The second-order valence-electron chi connectivity index (χ2n) is 7.77. The van der Waals surface area contributed by atoms with Crippen LogP contribution in [-0.2, 0) is 0 Å². The normalized spacial score (nSPS) is 18.1. The number of nitrogens with one attached hydrogen (secondary N) is 1. The van der Waals surface area contributed by atoms with E-state index in [-0.39, 0.29) is 11.3 Å². The Morgan fingerprint density at radius 2 is 1.93 bits per heavy atom. The Morgan fingerprint density at radius 1 is 1.11 bits per heavy atom. The lowest BCUT2D eigenvalue weighted by molar-refractivity contribution is 0.0741. The van der Waals surface area contributed by atoms with E-state index in [1.807, 2.05) is 17.2 Å². The van der Waals surface area contributed by atoms with E-state index in [0.717, 1.165) is 49.3 Å². The fourth-order valence-electron chi connectivity index (χ4n) is 4.09. The molecule has 5 rings (SSSR count). The monoisotopic (exact) mass is 372 g/mol. The van der Waals surface area contributed by atoms with Crippen LogP contribution in [0.4, 0.5) is 5.82 Å². The van der Waals surface area contributed by atoms with E-state index in [1.165, 1.54) is 0 Å². The summed E-state index contributed by atoms with van der Waals surface area (Å²) < 4.78 is 0. The van der Waals surface area contributed by atoms with Crippen LogP contribution >= 0.6 is 0 Å². The summed E-state index contributed by atoms with van der Waals surface area (Å²) in [4.78, 5) is 29.3. The maximum atomic E-state index is 13.1. The minimum atomic E-state index is 0.0343. The summed E-state index contributed by atoms with van der Waals surface area (Å²) >= 11 is 0. The number of aromatic amines is 1. The molecule has 3 aromatic rings. The van der Waals surface area contributed by atoms with E-state index in [9.17, 15) is 4.79 Å². The number of anilines is 1. The summed E-state index contributed by atoms with van der Waals surface area (Å²) in [5, 5.41) is 9.98. The summed E-state index contributed by atoms with van der Waals surface area (Å²) in [6, 6.07) is 11.0. The summed E-state index contributed by atoms with van der Waals surface area (Å²) in [7, 11) is 0. The van der Waals surface area contributed by atoms with Crippen molar-refractivity contribution in [2.45, 2.75) is 12.8 Å². The van der Waals surface area contributed by atoms with Gasteiger partial charge in [-0.1, -0.05) is 0 Å². The maximum absolute atomic E-state index is 13.1. The van der Waals surface area contributed by atoms with Crippen LogP contribution in [0, 0.1) is 16.7 Å². The van der Waals surface area contributed by atoms with Crippen molar-refractivity contribution in [1.29, 1.82) is 5.26 Å². The lowest BCUT2D eigenvalue weighted by atomic mass is 10.1. The number of nitriles is 1. The van der Waals surface area contributed by atoms with Gasteiger partial charge in [0.25, 0.3) is 5.91 Å². The highest BCUT2D eigenvalue weighted by molar-refractivity contribution is 5.94. The van der Waals surface area contributed by atoms with Crippen LogP contribution in [0.15, 0.2) is 42.9 Å². The maximum Gasteiger partial charge on any atom is 0.253 e. The number of nitrogens with zero attached hydrogens (tertiary/aromatic N) is 5. The van der Waals surface area contributed by atoms with Gasteiger partial charge in [0.1, 0.15) is 17.8 Å². The highest BCUT2D eigenvalue weighted by atomic mass is 16.2. The Bertz CT molecular complexity index is 1080. The molecule has 1 aliphatic heterocycles. The van der Waals surface area contributed by atoms with E-state index >= 15 is 0 Å². The fraction of sp³-hybridized carbons (Fsp3) is 0.333. The zero-order chi connectivity index (χ0) is 19.1. The fourth-order valence-corrected chi connectivity index (χ4v) is 4.09. The predicted molar refractivity (Wildman–Crippen MR) is 105 cm³/mol. The van der Waals surface area contributed by atoms with E-state index in [0.29, 0.717) is 17.7 Å². The van der Waals surface area contributed by atoms with Gasteiger partial charge in [-0.2, -0.15) is 5.26 Å². The topological polar surface area (TPSA) is 88.9 Å². The third-order valence-electron chi connectivity index (χ3n) is 5.83. The lowest BCUT2D eigenvalue weighted by Crippen LogP contribution is -2.36. The van der Waals surface area contributed by atoms with Crippen molar-refractivity contribution >= 4 is 22.8 Å². The molecule has 1 amide bonds. The Morgan fingerprint density at radius 3 is 2.68 bits per heavy atom. The molecule has 7 nitrogen and oxygen atoms in total. The number of benzene rings is 1. The molecule has 3 heterocycles. The molecule has 1 saturated heterocycles. The van der Waals surface area contributed by atoms with Crippen molar-refractivity contribution in [2.24, 2.45) is 5.41 Å². The summed E-state index contributed by atoms with van der Waals surface area (Å²) in [6.07, 6.45) is 5.73. The number of rotatable bonds is 2. The van der Waals surface area contributed by atoms with E-state index in [1.54, 1.807) is 30.6 Å². The van der Waals surface area contributed by atoms with Gasteiger partial charge in [0.05, 0.1) is 17.0 Å². The number of carbonyl (C=O) groups excluding carboxylic acids is 1. The minimum Gasteiger partial charge on any atom is -0.354 e. The smallest absolute Gasteiger partial charge is 0.253 e. The highest BCUT2D eigenvalue weighted by Crippen LogP contribution is 2.48. The molecule has 0 bridgehead atoms. The zero-order valence-electron chi connectivity index (χ0n) is 15.4. The number of aromatic nitrogens is 3. The van der Waals surface area contributed by atoms with Gasteiger partial charge in [-0.3, -0.25) is 4.79 Å². The molecule has 0 radical (unpaired) electrons. The predicted octanol–water partition coefficient (Wildman–Crippen LogP) is 2.57. The molecular weight excluding hydrogens is 352 g/mol. The van der Waals surface area contributed by atoms with Gasteiger partial charge in [0.15, 0.2) is 0 Å². The molecule has 1 N–H and O–H groups in total. The van der Waals surface area contributed by atoms with E-state index < -0.39 is 0 Å². The first-order chi connectivity index (χ1) is 13.7. The van der Waals surface area contributed by atoms with Crippen LogP contribution < -0.4 is 4.90 Å². The summed E-state index contributed by atoms with van der Waals surface area (Å²) in [5.74, 6) is 0.970. The van der Waals surface area contributed by atoms with Gasteiger partial charge in [0, 0.05) is 43.4 Å². The Kier molecular flexibility index (Phi) is 3.79. The molecule has 1 spiro atoms. The highest BCUT2D eigenvalue weighted by Gasteiger charge is 2.48. The number of amides is 1. The van der Waals surface area contributed by atoms with Crippen molar-refractivity contribution in [1.82, 2.24) is 19.9 Å². The van der Waals surface area contributed by atoms with Gasteiger partial charge >= 0.3 is 0 Å². The summed E-state index contributed by atoms with van der Waals surface area (Å²) in [6.45, 7) is 3.06. The summed E-state index contributed by atoms with van der Waals surface area (Å²) in [5.41, 5.74) is 2.19. The van der Waals surface area contributed by atoms with Gasteiger partial charge in [-0.25, -0.2) is 9.97 Å². The molecule has 0 atom stereocenters. The zero-order valence-corrected chi connectivity index (χ0v) is 15.4. The van der Waals surface area contributed by atoms with Crippen LogP contribution in [0.2, 0.25) is 0 Å². The number of fused-ring (bicyclic) bond motifs is 1. The van der Waals surface area contributed by atoms with Crippen LogP contribution in [0.3, 0.4) is 0 Å². The van der Waals surface area contributed by atoms with Crippen molar-refractivity contribution in [3.63, 3.8) is 0 Å². The Labute approximate surface area is 162 Å². The molecular formula is C21H20N6O. The van der Waals surface area contributed by atoms with E-state index in [4.69, 9.17) is 5.26 Å². The van der Waals surface area contributed by atoms with Crippen LogP contribution in [0.1, 0.15) is 28.8 Å². The van der Waals surface area contributed by atoms with E-state index in [2.05, 4.69) is 25.9 Å². The SMILES string of the molecule is N#Cc1ccc(C(=O)N2CCN(c3ncnc4[nH]ccc34)CC3(CC3)C2)cc1. The van der Waals surface area contributed by atoms with Gasteiger partial charge < -0.3 is 14.8 Å². The first-order valence-electron chi connectivity index (χ1n) is 9.50. The third-order valence-corrected chi connectivity index (χ3v) is 5.83. The molecule has 7 heteroatoms. The second kappa shape index (κ2) is 6.34. The molecule has 28 heavy (non-hydrogen) atoms. The van der Waals surface area contributed by atoms with Crippen LogP contribution in [-0.4, -0.2) is 51.9 Å². The molecule has 140 valence electrons. The largest absolute Gasteiger partial charge is 0.354 e. The molecule has 2 fully saturated rings. The van der Waals surface area contributed by atoms with Crippen molar-refractivity contribution in [2.75, 3.05) is 31.1 Å². The van der Waals surface area contributed by atoms with Gasteiger partial charge in [0.2, 0.25) is 0 Å². The van der Waals surface area contributed by atoms with Crippen molar-refractivity contribution < 1.29 is 4.79 Å². The molecule has 1 saturated carbocycles. The minimum absolute atomic E-state index is 0.0343. The van der Waals surface area contributed by atoms with Crippen LogP contribution in [0.5, 0.6) is 0 Å². The first-order valence-corrected chi connectivity index (χ1v) is 9.50. The molecule has 2 aromatic heterocycles. The number of hydrogen-bond acceptors (Lipinski definition) is 5. The van der Waals surface area contributed by atoms with Crippen molar-refractivity contribution in [3.8, 4) is 6.07 Å². The molecule has 2 aliphatic rings. The van der Waals surface area contributed by atoms with Gasteiger partial charge in [-0.05, 0) is 43.2 Å². The molecule has 1 aromatic carbocycles. The third kappa shape index (κ3) is 2.87. The molecule has 1 aliphatic carbocycles. The first kappa shape index (κ1) is 16.8. The lowest BCUT2D eigenvalue weighted by Gasteiger charge is -2.25. The van der Waals surface area contributed by atoms with Crippen LogP contribution in [0.25, 0.3) is 11.0 Å². The van der Waals surface area contributed by atoms with Crippen molar-refractivity contribution in [3.05, 3.63) is 54.0 Å². The number of carbonyl (C=O) groups is 1. The van der Waals surface area contributed by atoms with Gasteiger partial charge in [-0.15, -0.1) is 0 Å². The molecule has 0 unspecified atom stereocenters. The number of hydrogen-bond donors (Lipinski definition) is 1. The Balaban J connectivity index is 1.41. The second-order valence-corrected chi connectivity index (χ2v) is 7.77. The average Bonchev–Trinajstić information content (AvgIpc) is 3.37.